The van der Waals surface area contributed by atoms with Crippen LogP contribution in [-0.4, -0.2) is 46.0 Å². The zero-order valence-corrected chi connectivity index (χ0v) is 20.3. The van der Waals surface area contributed by atoms with Crippen LogP contribution in [0.4, 0.5) is 5.69 Å². The topological polar surface area (TPSA) is 101 Å². The molecule has 1 aliphatic rings. The third-order valence-electron chi connectivity index (χ3n) is 5.50. The number of amides is 1. The first kappa shape index (κ1) is 25.3. The van der Waals surface area contributed by atoms with Crippen LogP contribution in [0.5, 0.6) is 11.5 Å². The summed E-state index contributed by atoms with van der Waals surface area (Å²) in [6, 6.07) is 12.0. The fourth-order valence-corrected chi connectivity index (χ4v) is 3.53. The molecule has 1 aliphatic heterocycles. The molecule has 0 bridgehead atoms. The molecule has 0 unspecified atom stereocenters. The Labute approximate surface area is 205 Å². The molecule has 8 heteroatoms. The number of carbonyl (C=O) groups excluding carboxylic acids is 2. The predicted molar refractivity (Wildman–Crippen MR) is 136 cm³/mol. The van der Waals surface area contributed by atoms with Gasteiger partial charge in [-0.05, 0) is 67.5 Å². The van der Waals surface area contributed by atoms with Gasteiger partial charge in [0.25, 0.3) is 5.91 Å². The quantitative estimate of drug-likeness (QED) is 0.456. The predicted octanol–water partition coefficient (Wildman–Crippen LogP) is 4.34. The lowest BCUT2D eigenvalue weighted by molar-refractivity contribution is -0.112. The lowest BCUT2D eigenvalue weighted by atomic mass is 10.1. The number of hydrogen-bond donors (Lipinski definition) is 2. The van der Waals surface area contributed by atoms with E-state index in [1.54, 1.807) is 51.6 Å². The van der Waals surface area contributed by atoms with Crippen LogP contribution in [-0.2, 0) is 9.53 Å². The number of allylic oxidation sites excluding steroid dienone is 4. The SMILES string of the molecule is COC(=O)c1ccc(N(C)C(=O)C(=N)/C=C2/CC/C=C\C=C(\c3ccc(OC)c(OC)c3)N2)cc1. The number of ether oxygens (including phenoxy) is 3. The number of anilines is 1. The number of carbonyl (C=O) groups is 2. The van der Waals surface area contributed by atoms with Gasteiger partial charge in [-0.25, -0.2) is 4.79 Å². The lowest BCUT2D eigenvalue weighted by Gasteiger charge is -2.19. The molecule has 0 spiro atoms. The van der Waals surface area contributed by atoms with Crippen LogP contribution in [0.1, 0.15) is 28.8 Å². The Morgan fingerprint density at radius 2 is 1.74 bits per heavy atom. The van der Waals surface area contributed by atoms with Crippen LogP contribution in [0.3, 0.4) is 0 Å². The van der Waals surface area contributed by atoms with Crippen LogP contribution < -0.4 is 19.7 Å². The van der Waals surface area contributed by atoms with Gasteiger partial charge in [-0.3, -0.25) is 10.2 Å². The largest absolute Gasteiger partial charge is 0.493 e. The van der Waals surface area contributed by atoms with Crippen molar-refractivity contribution in [3.8, 4) is 11.5 Å². The number of methoxy groups -OCH3 is 3. The molecule has 0 fully saturated rings. The average Bonchev–Trinajstić information content (AvgIpc) is 2.88. The maximum Gasteiger partial charge on any atom is 0.337 e. The van der Waals surface area contributed by atoms with Crippen molar-refractivity contribution in [2.45, 2.75) is 12.8 Å². The summed E-state index contributed by atoms with van der Waals surface area (Å²) in [5.41, 5.74) is 3.20. The second kappa shape index (κ2) is 11.7. The zero-order chi connectivity index (χ0) is 25.4. The summed E-state index contributed by atoms with van der Waals surface area (Å²) >= 11 is 0. The molecular weight excluding hydrogens is 446 g/mol. The van der Waals surface area contributed by atoms with Crippen molar-refractivity contribution in [3.05, 3.63) is 83.6 Å². The maximum atomic E-state index is 12.9. The van der Waals surface area contributed by atoms with E-state index < -0.39 is 11.9 Å². The molecular formula is C27H29N3O5. The monoisotopic (exact) mass is 475 g/mol. The van der Waals surface area contributed by atoms with Gasteiger partial charge in [0.15, 0.2) is 11.5 Å². The van der Waals surface area contributed by atoms with E-state index in [2.05, 4.69) is 5.32 Å². The molecule has 2 aromatic carbocycles. The molecule has 1 amide bonds. The normalized spacial score (nSPS) is 16.6. The summed E-state index contributed by atoms with van der Waals surface area (Å²) in [5.74, 6) is 0.307. The van der Waals surface area contributed by atoms with Gasteiger partial charge in [0.2, 0.25) is 0 Å². The van der Waals surface area contributed by atoms with E-state index in [-0.39, 0.29) is 5.71 Å². The summed E-state index contributed by atoms with van der Waals surface area (Å²) in [7, 11) is 6.07. The van der Waals surface area contributed by atoms with E-state index >= 15 is 0 Å². The maximum absolute atomic E-state index is 12.9. The number of esters is 1. The molecule has 0 aliphatic carbocycles. The molecule has 35 heavy (non-hydrogen) atoms. The number of nitrogens with one attached hydrogen (secondary N) is 2. The first-order chi connectivity index (χ1) is 16.9. The molecule has 2 aromatic rings. The Kier molecular flexibility index (Phi) is 8.45. The van der Waals surface area contributed by atoms with Crippen LogP contribution in [0.2, 0.25) is 0 Å². The summed E-state index contributed by atoms with van der Waals surface area (Å²) in [6.45, 7) is 0. The molecule has 0 saturated heterocycles. The van der Waals surface area contributed by atoms with E-state index in [1.807, 2.05) is 36.4 Å². The van der Waals surface area contributed by atoms with Gasteiger partial charge in [0, 0.05) is 29.7 Å². The van der Waals surface area contributed by atoms with E-state index in [0.717, 1.165) is 23.4 Å². The highest BCUT2D eigenvalue weighted by Crippen LogP contribution is 2.30. The third-order valence-corrected chi connectivity index (χ3v) is 5.50. The van der Waals surface area contributed by atoms with E-state index in [1.165, 1.54) is 12.0 Å². The van der Waals surface area contributed by atoms with Gasteiger partial charge in [-0.2, -0.15) is 0 Å². The first-order valence-electron chi connectivity index (χ1n) is 11.0. The van der Waals surface area contributed by atoms with Crippen LogP contribution in [0, 0.1) is 5.41 Å². The fraction of sp³-hybridized carbons (Fsp3) is 0.222. The van der Waals surface area contributed by atoms with Crippen molar-refractivity contribution in [1.29, 1.82) is 5.41 Å². The second-order valence-corrected chi connectivity index (χ2v) is 7.73. The molecule has 3 rings (SSSR count). The van der Waals surface area contributed by atoms with Gasteiger partial charge in [0.05, 0.1) is 26.9 Å². The molecule has 182 valence electrons. The molecule has 8 nitrogen and oxygen atoms in total. The highest BCUT2D eigenvalue weighted by molar-refractivity contribution is 6.46. The summed E-state index contributed by atoms with van der Waals surface area (Å²) in [5, 5.41) is 11.8. The molecule has 0 radical (unpaired) electrons. The van der Waals surface area contributed by atoms with E-state index in [0.29, 0.717) is 29.2 Å². The van der Waals surface area contributed by atoms with Crippen molar-refractivity contribution < 1.29 is 23.8 Å². The standard InChI is InChI=1S/C27H29N3O5/c1-30(21-13-10-18(11-14-21)27(32)35-4)26(31)22(28)17-20-8-6-5-7-9-23(29-20)19-12-15-24(33-2)25(16-19)34-3/h5,7,9-17,28-29H,6,8H2,1-4H3/b7-5-,20-17-,23-9-,28-22?. The number of nitrogens with zero attached hydrogens (tertiary/aromatic N) is 1. The fourth-order valence-electron chi connectivity index (χ4n) is 3.53. The Hall–Kier alpha value is -4.33. The van der Waals surface area contributed by atoms with Gasteiger partial charge < -0.3 is 24.4 Å². The minimum absolute atomic E-state index is 0.164. The van der Waals surface area contributed by atoms with Crippen molar-refractivity contribution in [2.24, 2.45) is 0 Å². The number of hydrogen-bond acceptors (Lipinski definition) is 7. The van der Waals surface area contributed by atoms with Gasteiger partial charge in [-0.15, -0.1) is 0 Å². The van der Waals surface area contributed by atoms with Gasteiger partial charge in [-0.1, -0.05) is 12.2 Å². The van der Waals surface area contributed by atoms with Crippen molar-refractivity contribution in [1.82, 2.24) is 5.32 Å². The van der Waals surface area contributed by atoms with E-state index in [4.69, 9.17) is 19.6 Å². The van der Waals surface area contributed by atoms with Gasteiger partial charge in [0.1, 0.15) is 5.71 Å². The second-order valence-electron chi connectivity index (χ2n) is 7.73. The highest BCUT2D eigenvalue weighted by Gasteiger charge is 2.17. The molecule has 1 heterocycles. The minimum Gasteiger partial charge on any atom is -0.493 e. The highest BCUT2D eigenvalue weighted by atomic mass is 16.5. The van der Waals surface area contributed by atoms with Crippen LogP contribution in [0.25, 0.3) is 5.70 Å². The molecule has 0 saturated carbocycles. The minimum atomic E-state index is -0.473. The zero-order valence-electron chi connectivity index (χ0n) is 20.3. The summed E-state index contributed by atoms with van der Waals surface area (Å²) in [6.07, 6.45) is 8.90. The lowest BCUT2D eigenvalue weighted by Crippen LogP contribution is -2.32. The summed E-state index contributed by atoms with van der Waals surface area (Å²) in [4.78, 5) is 25.9. The number of rotatable bonds is 7. The van der Waals surface area contributed by atoms with E-state index in [9.17, 15) is 9.59 Å². The number of benzene rings is 2. The Morgan fingerprint density at radius 1 is 1.03 bits per heavy atom. The van der Waals surface area contributed by atoms with Gasteiger partial charge >= 0.3 is 5.97 Å². The smallest absolute Gasteiger partial charge is 0.337 e. The molecule has 0 aromatic heterocycles. The molecule has 0 atom stereocenters. The van der Waals surface area contributed by atoms with Crippen molar-refractivity contribution >= 4 is 29.0 Å². The van der Waals surface area contributed by atoms with Crippen LogP contribution in [0.15, 0.2) is 72.5 Å². The van der Waals surface area contributed by atoms with Crippen molar-refractivity contribution in [2.75, 3.05) is 33.3 Å². The average molecular weight is 476 g/mol. The third kappa shape index (κ3) is 6.17. The first-order valence-corrected chi connectivity index (χ1v) is 11.0. The Bertz CT molecular complexity index is 1200. The van der Waals surface area contributed by atoms with Crippen molar-refractivity contribution in [3.63, 3.8) is 0 Å². The Balaban J connectivity index is 1.79. The Morgan fingerprint density at radius 3 is 2.40 bits per heavy atom. The molecule has 2 N–H and O–H groups in total. The summed E-state index contributed by atoms with van der Waals surface area (Å²) < 4.78 is 15.4. The van der Waals surface area contributed by atoms with Crippen LogP contribution >= 0.6 is 0 Å².